The Hall–Kier alpha value is -2.42. The van der Waals surface area contributed by atoms with E-state index in [2.05, 4.69) is 36.8 Å². The first kappa shape index (κ1) is 14.5. The van der Waals surface area contributed by atoms with Gasteiger partial charge < -0.3 is 4.74 Å². The van der Waals surface area contributed by atoms with Crippen LogP contribution in [0.15, 0.2) is 48.5 Å². The molecule has 0 amide bonds. The van der Waals surface area contributed by atoms with Gasteiger partial charge in [0.1, 0.15) is 11.4 Å². The number of para-hydroxylation sites is 3. The SMILES string of the molecule is Cc1nc2ccccc2nc1Oc1ccccc1C(C)(C)C. The Morgan fingerprint density at radius 3 is 2.09 bits per heavy atom. The molecule has 0 radical (unpaired) electrons. The molecule has 112 valence electrons. The van der Waals surface area contributed by atoms with Gasteiger partial charge in [0.25, 0.3) is 0 Å². The molecule has 0 atom stereocenters. The van der Waals surface area contributed by atoms with Gasteiger partial charge in [-0.2, -0.15) is 0 Å². The average molecular weight is 292 g/mol. The molecule has 3 rings (SSSR count). The van der Waals surface area contributed by atoms with Crippen molar-refractivity contribution in [3.63, 3.8) is 0 Å². The summed E-state index contributed by atoms with van der Waals surface area (Å²) in [4.78, 5) is 9.18. The Morgan fingerprint density at radius 2 is 1.41 bits per heavy atom. The van der Waals surface area contributed by atoms with Gasteiger partial charge in [0, 0.05) is 5.56 Å². The van der Waals surface area contributed by atoms with E-state index in [1.54, 1.807) is 0 Å². The number of rotatable bonds is 2. The number of ether oxygens (including phenoxy) is 1. The van der Waals surface area contributed by atoms with Crippen LogP contribution in [-0.2, 0) is 5.41 Å². The summed E-state index contributed by atoms with van der Waals surface area (Å²) in [5.41, 5.74) is 3.69. The molecule has 1 heterocycles. The van der Waals surface area contributed by atoms with Crippen LogP contribution in [0.2, 0.25) is 0 Å². The smallest absolute Gasteiger partial charge is 0.241 e. The lowest BCUT2D eigenvalue weighted by atomic mass is 9.86. The Morgan fingerprint density at radius 1 is 0.818 bits per heavy atom. The number of benzene rings is 2. The molecule has 3 nitrogen and oxygen atoms in total. The van der Waals surface area contributed by atoms with Gasteiger partial charge in [-0.25, -0.2) is 9.97 Å². The summed E-state index contributed by atoms with van der Waals surface area (Å²) in [5, 5.41) is 0. The molecule has 0 aliphatic carbocycles. The molecule has 3 heteroatoms. The van der Waals surface area contributed by atoms with Gasteiger partial charge in [0.05, 0.1) is 11.0 Å². The highest BCUT2D eigenvalue weighted by atomic mass is 16.5. The maximum absolute atomic E-state index is 6.10. The maximum Gasteiger partial charge on any atom is 0.241 e. The van der Waals surface area contributed by atoms with Crippen LogP contribution >= 0.6 is 0 Å². The summed E-state index contributed by atoms with van der Waals surface area (Å²) in [5.74, 6) is 1.40. The van der Waals surface area contributed by atoms with Crippen molar-refractivity contribution in [1.82, 2.24) is 9.97 Å². The van der Waals surface area contributed by atoms with E-state index < -0.39 is 0 Å². The standard InChI is InChI=1S/C19H20N2O/c1-13-18(21-16-11-7-6-10-15(16)20-13)22-17-12-8-5-9-14(17)19(2,3)4/h5-12H,1-4H3. The van der Waals surface area contributed by atoms with Gasteiger partial charge >= 0.3 is 0 Å². The summed E-state index contributed by atoms with van der Waals surface area (Å²) < 4.78 is 6.10. The quantitative estimate of drug-likeness (QED) is 0.664. The lowest BCUT2D eigenvalue weighted by Gasteiger charge is -2.22. The highest BCUT2D eigenvalue weighted by Gasteiger charge is 2.19. The van der Waals surface area contributed by atoms with E-state index in [-0.39, 0.29) is 5.41 Å². The van der Waals surface area contributed by atoms with E-state index in [9.17, 15) is 0 Å². The third-order valence-corrected chi connectivity index (χ3v) is 3.60. The van der Waals surface area contributed by atoms with Crippen LogP contribution in [0, 0.1) is 6.92 Å². The molecule has 0 saturated carbocycles. The highest BCUT2D eigenvalue weighted by Crippen LogP contribution is 2.34. The second-order valence-electron chi connectivity index (χ2n) is 6.45. The third kappa shape index (κ3) is 2.80. The van der Waals surface area contributed by atoms with Crippen molar-refractivity contribution in [2.24, 2.45) is 0 Å². The minimum Gasteiger partial charge on any atom is -0.437 e. The fraction of sp³-hybridized carbons (Fsp3) is 0.263. The molecule has 0 unspecified atom stereocenters. The van der Waals surface area contributed by atoms with E-state index >= 15 is 0 Å². The topological polar surface area (TPSA) is 35.0 Å². The number of aromatic nitrogens is 2. The van der Waals surface area contributed by atoms with Crippen molar-refractivity contribution in [1.29, 1.82) is 0 Å². The van der Waals surface area contributed by atoms with E-state index in [4.69, 9.17) is 4.74 Å². The predicted molar refractivity (Wildman–Crippen MR) is 89.5 cm³/mol. The first-order valence-corrected chi connectivity index (χ1v) is 7.46. The van der Waals surface area contributed by atoms with Crippen LogP contribution in [-0.4, -0.2) is 9.97 Å². The second-order valence-corrected chi connectivity index (χ2v) is 6.45. The second kappa shape index (κ2) is 5.41. The molecule has 0 aliphatic heterocycles. The van der Waals surface area contributed by atoms with Gasteiger partial charge in [-0.05, 0) is 30.5 Å². The normalized spacial score (nSPS) is 11.6. The molecular weight excluding hydrogens is 272 g/mol. The number of nitrogens with zero attached hydrogens (tertiary/aromatic N) is 2. The Kier molecular flexibility index (Phi) is 3.57. The first-order valence-electron chi connectivity index (χ1n) is 7.46. The molecule has 1 aromatic heterocycles. The largest absolute Gasteiger partial charge is 0.437 e. The Balaban J connectivity index is 2.06. The third-order valence-electron chi connectivity index (χ3n) is 3.60. The van der Waals surface area contributed by atoms with E-state index in [1.165, 1.54) is 0 Å². The molecule has 0 N–H and O–H groups in total. The molecule has 0 fully saturated rings. The van der Waals surface area contributed by atoms with Crippen molar-refractivity contribution < 1.29 is 4.74 Å². The monoisotopic (exact) mass is 292 g/mol. The van der Waals surface area contributed by atoms with Gasteiger partial charge in [-0.3, -0.25) is 0 Å². The molecule has 0 bridgehead atoms. The van der Waals surface area contributed by atoms with Crippen LogP contribution in [0.25, 0.3) is 11.0 Å². The summed E-state index contributed by atoms with van der Waals surface area (Å²) in [6.45, 7) is 8.45. The van der Waals surface area contributed by atoms with Crippen LogP contribution in [0.1, 0.15) is 32.0 Å². The minimum atomic E-state index is 0.00871. The van der Waals surface area contributed by atoms with E-state index in [0.29, 0.717) is 5.88 Å². The molecule has 0 spiro atoms. The van der Waals surface area contributed by atoms with Gasteiger partial charge in [0.15, 0.2) is 0 Å². The molecule has 2 aromatic carbocycles. The average Bonchev–Trinajstić information content (AvgIpc) is 2.47. The van der Waals surface area contributed by atoms with E-state index in [1.807, 2.05) is 49.4 Å². The zero-order valence-electron chi connectivity index (χ0n) is 13.4. The Labute approximate surface area is 131 Å². The first-order chi connectivity index (χ1) is 10.4. The van der Waals surface area contributed by atoms with Crippen molar-refractivity contribution in [2.45, 2.75) is 33.1 Å². The van der Waals surface area contributed by atoms with E-state index in [0.717, 1.165) is 28.0 Å². The zero-order valence-corrected chi connectivity index (χ0v) is 13.4. The van der Waals surface area contributed by atoms with Crippen molar-refractivity contribution in [3.8, 4) is 11.6 Å². The van der Waals surface area contributed by atoms with Crippen molar-refractivity contribution in [3.05, 3.63) is 59.8 Å². The van der Waals surface area contributed by atoms with Crippen molar-refractivity contribution in [2.75, 3.05) is 0 Å². The number of hydrogen-bond acceptors (Lipinski definition) is 3. The summed E-state index contributed by atoms with van der Waals surface area (Å²) in [7, 11) is 0. The lowest BCUT2D eigenvalue weighted by Crippen LogP contribution is -2.12. The number of aryl methyl sites for hydroxylation is 1. The predicted octanol–water partition coefficient (Wildman–Crippen LogP) is 5.03. The minimum absolute atomic E-state index is 0.00871. The lowest BCUT2D eigenvalue weighted by molar-refractivity contribution is 0.436. The number of fused-ring (bicyclic) bond motifs is 1. The van der Waals surface area contributed by atoms with Crippen LogP contribution in [0.5, 0.6) is 11.6 Å². The maximum atomic E-state index is 6.10. The molecular formula is C19H20N2O. The molecule has 0 aliphatic rings. The van der Waals surface area contributed by atoms with Gasteiger partial charge in [-0.1, -0.05) is 51.1 Å². The van der Waals surface area contributed by atoms with Crippen LogP contribution < -0.4 is 4.74 Å². The fourth-order valence-corrected chi connectivity index (χ4v) is 2.45. The van der Waals surface area contributed by atoms with Crippen molar-refractivity contribution >= 4 is 11.0 Å². The molecule has 22 heavy (non-hydrogen) atoms. The molecule has 0 saturated heterocycles. The molecule has 3 aromatic rings. The Bertz CT molecular complexity index is 819. The summed E-state index contributed by atoms with van der Waals surface area (Å²) in [6.07, 6.45) is 0. The fourth-order valence-electron chi connectivity index (χ4n) is 2.45. The summed E-state index contributed by atoms with van der Waals surface area (Å²) >= 11 is 0. The van der Waals surface area contributed by atoms with Gasteiger partial charge in [0.2, 0.25) is 5.88 Å². The zero-order chi connectivity index (χ0) is 15.7. The van der Waals surface area contributed by atoms with Crippen LogP contribution in [0.3, 0.4) is 0 Å². The summed E-state index contributed by atoms with van der Waals surface area (Å²) in [6, 6.07) is 15.9. The highest BCUT2D eigenvalue weighted by molar-refractivity contribution is 5.74. The number of hydrogen-bond donors (Lipinski definition) is 0. The van der Waals surface area contributed by atoms with Gasteiger partial charge in [-0.15, -0.1) is 0 Å². The van der Waals surface area contributed by atoms with Crippen LogP contribution in [0.4, 0.5) is 0 Å².